The van der Waals surface area contributed by atoms with Gasteiger partial charge in [0.25, 0.3) is 5.91 Å². The minimum Gasteiger partial charge on any atom is -0.370 e. The molecule has 0 atom stereocenters. The van der Waals surface area contributed by atoms with E-state index in [0.717, 1.165) is 27.2 Å². The number of rotatable bonds is 6. The second kappa shape index (κ2) is 8.92. The van der Waals surface area contributed by atoms with Crippen LogP contribution in [0.3, 0.4) is 0 Å². The second-order valence-electron chi connectivity index (χ2n) is 8.47. The van der Waals surface area contributed by atoms with Crippen molar-refractivity contribution >= 4 is 45.4 Å². The number of H-pyrrole nitrogens is 1. The third-order valence-electron chi connectivity index (χ3n) is 6.60. The number of nitrogens with zero attached hydrogens (tertiary/aromatic N) is 2. The van der Waals surface area contributed by atoms with E-state index in [-0.39, 0.29) is 11.8 Å². The molecule has 5 rings (SSSR count). The summed E-state index contributed by atoms with van der Waals surface area (Å²) in [6.45, 7) is 1.30. The third-order valence-corrected chi connectivity index (χ3v) is 7.49. The Morgan fingerprint density at radius 2 is 1.94 bits per heavy atom. The molecule has 1 aliphatic heterocycles. The van der Waals surface area contributed by atoms with E-state index in [2.05, 4.69) is 31.6 Å². The maximum atomic E-state index is 13.0. The monoisotopic (exact) mass is 474 g/mol. The van der Waals surface area contributed by atoms with Crippen LogP contribution in [-0.2, 0) is 4.79 Å². The van der Waals surface area contributed by atoms with E-state index in [1.807, 2.05) is 48.7 Å². The van der Waals surface area contributed by atoms with Gasteiger partial charge in [0.1, 0.15) is 16.2 Å². The molecule has 0 unspecified atom stereocenters. The van der Waals surface area contributed by atoms with Gasteiger partial charge in [-0.3, -0.25) is 9.59 Å². The summed E-state index contributed by atoms with van der Waals surface area (Å²) in [5.74, 6) is -0.581. The summed E-state index contributed by atoms with van der Waals surface area (Å²) >= 11 is 1.45. The number of primary amides is 1. The Kier molecular flexibility index (Phi) is 5.80. The van der Waals surface area contributed by atoms with E-state index < -0.39 is 5.54 Å². The van der Waals surface area contributed by atoms with Gasteiger partial charge in [0, 0.05) is 41.1 Å². The second-order valence-corrected chi connectivity index (χ2v) is 9.33. The summed E-state index contributed by atoms with van der Waals surface area (Å²) in [6, 6.07) is 15.8. The number of anilines is 2. The van der Waals surface area contributed by atoms with Crippen LogP contribution in [0.5, 0.6) is 0 Å². The van der Waals surface area contributed by atoms with Gasteiger partial charge in [-0.2, -0.15) is 0 Å². The number of amides is 2. The zero-order chi connectivity index (χ0) is 23.7. The van der Waals surface area contributed by atoms with Crippen molar-refractivity contribution in [2.24, 2.45) is 5.73 Å². The molecule has 5 N–H and O–H groups in total. The largest absolute Gasteiger partial charge is 0.370 e. The van der Waals surface area contributed by atoms with Crippen LogP contribution in [0.1, 0.15) is 23.3 Å². The topological polar surface area (TPSA) is 116 Å². The zero-order valence-corrected chi connectivity index (χ0v) is 19.6. The van der Waals surface area contributed by atoms with Crippen LogP contribution in [0.15, 0.2) is 60.1 Å². The minimum absolute atomic E-state index is 0.253. The van der Waals surface area contributed by atoms with Crippen molar-refractivity contribution < 1.29 is 9.59 Å². The summed E-state index contributed by atoms with van der Waals surface area (Å²) in [5, 5.41) is 9.81. The molecule has 2 aromatic heterocycles. The number of hydrogen-bond acceptors (Lipinski definition) is 6. The molecule has 0 aliphatic carbocycles. The van der Waals surface area contributed by atoms with Crippen molar-refractivity contribution in [2.45, 2.75) is 18.4 Å². The highest BCUT2D eigenvalue weighted by molar-refractivity contribution is 7.13. The van der Waals surface area contributed by atoms with Gasteiger partial charge in [0.2, 0.25) is 5.91 Å². The summed E-state index contributed by atoms with van der Waals surface area (Å²) in [4.78, 5) is 34.9. The average molecular weight is 475 g/mol. The number of carbonyl (C=O) groups is 2. The standard InChI is InChI=1S/C25H26N6O2S/c1-27-25(24(26)33)9-12-31(13-10-25)21-5-3-2-4-19(21)29-22(32)20-15-34-23(30-20)17-6-7-18-16(14-17)8-11-28-18/h2-8,11,14-15,27-28H,9-10,12-13H2,1H3,(H2,26,33)(H,29,32). The number of likely N-dealkylation sites (N-methyl/N-ethyl adjacent to an activating group) is 1. The molecule has 8 nitrogen and oxygen atoms in total. The molecule has 0 radical (unpaired) electrons. The number of benzene rings is 2. The van der Waals surface area contributed by atoms with Crippen molar-refractivity contribution in [1.29, 1.82) is 0 Å². The van der Waals surface area contributed by atoms with Gasteiger partial charge in [0.05, 0.1) is 11.4 Å². The van der Waals surface area contributed by atoms with Crippen molar-refractivity contribution in [1.82, 2.24) is 15.3 Å². The first-order valence-electron chi connectivity index (χ1n) is 11.2. The molecule has 1 aliphatic rings. The molecule has 0 saturated carbocycles. The zero-order valence-electron chi connectivity index (χ0n) is 18.8. The van der Waals surface area contributed by atoms with Gasteiger partial charge in [-0.15, -0.1) is 11.3 Å². The predicted molar refractivity (Wildman–Crippen MR) is 136 cm³/mol. The number of fused-ring (bicyclic) bond motifs is 1. The Balaban J connectivity index is 1.32. The predicted octanol–water partition coefficient (Wildman–Crippen LogP) is 3.59. The highest BCUT2D eigenvalue weighted by Crippen LogP contribution is 2.32. The Hall–Kier alpha value is -3.69. The van der Waals surface area contributed by atoms with E-state index in [4.69, 9.17) is 5.73 Å². The number of nitrogens with two attached hydrogens (primary N) is 1. The molecule has 4 aromatic rings. The van der Waals surface area contributed by atoms with Crippen LogP contribution in [-0.4, -0.2) is 47.5 Å². The van der Waals surface area contributed by atoms with Crippen LogP contribution in [0.25, 0.3) is 21.5 Å². The lowest BCUT2D eigenvalue weighted by molar-refractivity contribution is -0.125. The Morgan fingerprint density at radius 3 is 2.71 bits per heavy atom. The molecular weight excluding hydrogens is 448 g/mol. The normalized spacial score (nSPS) is 15.4. The lowest BCUT2D eigenvalue weighted by Crippen LogP contribution is -2.59. The fraction of sp³-hybridized carbons (Fsp3) is 0.240. The van der Waals surface area contributed by atoms with E-state index in [0.29, 0.717) is 37.3 Å². The molecule has 0 bridgehead atoms. The molecule has 9 heteroatoms. The third kappa shape index (κ3) is 4.04. The fourth-order valence-electron chi connectivity index (χ4n) is 4.49. The Labute approximate surface area is 201 Å². The van der Waals surface area contributed by atoms with Crippen molar-refractivity contribution in [3.63, 3.8) is 0 Å². The van der Waals surface area contributed by atoms with E-state index in [1.54, 1.807) is 12.4 Å². The van der Waals surface area contributed by atoms with E-state index in [9.17, 15) is 9.59 Å². The first-order valence-corrected chi connectivity index (χ1v) is 12.0. The molecule has 34 heavy (non-hydrogen) atoms. The average Bonchev–Trinajstić information content (AvgIpc) is 3.54. The summed E-state index contributed by atoms with van der Waals surface area (Å²) in [6.07, 6.45) is 3.10. The molecule has 2 amide bonds. The minimum atomic E-state index is -0.685. The number of piperidine rings is 1. The van der Waals surface area contributed by atoms with E-state index >= 15 is 0 Å². The van der Waals surface area contributed by atoms with Crippen LogP contribution < -0.4 is 21.3 Å². The SMILES string of the molecule is CNC1(C(N)=O)CCN(c2ccccc2NC(=O)c2csc(-c3ccc4[nH]ccc4c3)n2)CC1. The van der Waals surface area contributed by atoms with Gasteiger partial charge in [-0.25, -0.2) is 4.98 Å². The number of thiazole rings is 1. The maximum Gasteiger partial charge on any atom is 0.275 e. The number of nitrogens with one attached hydrogen (secondary N) is 3. The van der Waals surface area contributed by atoms with Crippen LogP contribution in [0.4, 0.5) is 11.4 Å². The highest BCUT2D eigenvalue weighted by Gasteiger charge is 2.38. The number of hydrogen-bond donors (Lipinski definition) is 4. The molecule has 174 valence electrons. The molecule has 0 spiro atoms. The lowest BCUT2D eigenvalue weighted by atomic mass is 9.86. The molecule has 3 heterocycles. The van der Waals surface area contributed by atoms with Gasteiger partial charge in [-0.05, 0) is 56.3 Å². The van der Waals surface area contributed by atoms with Crippen LogP contribution in [0.2, 0.25) is 0 Å². The quantitative estimate of drug-likeness (QED) is 0.341. The van der Waals surface area contributed by atoms with Crippen LogP contribution in [0, 0.1) is 0 Å². The molecule has 2 aromatic carbocycles. The van der Waals surface area contributed by atoms with Crippen molar-refractivity contribution in [3.05, 3.63) is 65.8 Å². The lowest BCUT2D eigenvalue weighted by Gasteiger charge is -2.41. The first kappa shape index (κ1) is 22.1. The molecule has 1 fully saturated rings. The first-order chi connectivity index (χ1) is 16.5. The molecule has 1 saturated heterocycles. The number of para-hydroxylation sites is 2. The highest BCUT2D eigenvalue weighted by atomic mass is 32.1. The van der Waals surface area contributed by atoms with Gasteiger partial charge < -0.3 is 26.3 Å². The van der Waals surface area contributed by atoms with Gasteiger partial charge >= 0.3 is 0 Å². The van der Waals surface area contributed by atoms with Crippen molar-refractivity contribution in [3.8, 4) is 10.6 Å². The fourth-order valence-corrected chi connectivity index (χ4v) is 5.28. The smallest absolute Gasteiger partial charge is 0.275 e. The van der Waals surface area contributed by atoms with E-state index in [1.165, 1.54) is 11.3 Å². The summed E-state index contributed by atoms with van der Waals surface area (Å²) in [7, 11) is 1.77. The Morgan fingerprint density at radius 1 is 1.15 bits per heavy atom. The summed E-state index contributed by atoms with van der Waals surface area (Å²) < 4.78 is 0. The number of aromatic nitrogens is 2. The number of carbonyl (C=O) groups excluding carboxylic acids is 2. The Bertz CT molecular complexity index is 1350. The summed E-state index contributed by atoms with van der Waals surface area (Å²) in [5.41, 5.74) is 9.01. The maximum absolute atomic E-state index is 13.0. The van der Waals surface area contributed by atoms with Crippen LogP contribution >= 0.6 is 11.3 Å². The van der Waals surface area contributed by atoms with Gasteiger partial charge in [0.15, 0.2) is 0 Å². The van der Waals surface area contributed by atoms with Gasteiger partial charge in [-0.1, -0.05) is 12.1 Å². The number of aromatic amines is 1. The van der Waals surface area contributed by atoms with Crippen molar-refractivity contribution in [2.75, 3.05) is 30.4 Å². The molecular formula is C25H26N6O2S.